The fourth-order valence-corrected chi connectivity index (χ4v) is 4.12. The SMILES string of the molecule is CC1=CC(C)(C)N(C)c2cc(C)c(/C=C3/NC(=O)N(Cc4ccc(F)cc4)C3=O)cc21. The number of hydrogen-bond acceptors (Lipinski definition) is 3. The molecule has 6 heteroatoms. The normalized spacial score (nSPS) is 18.9. The number of urea groups is 1. The van der Waals surface area contributed by atoms with Crippen molar-refractivity contribution in [1.29, 1.82) is 0 Å². The lowest BCUT2D eigenvalue weighted by Gasteiger charge is -2.41. The molecule has 160 valence electrons. The number of amides is 3. The van der Waals surface area contributed by atoms with Crippen LogP contribution in [0, 0.1) is 12.7 Å². The molecular weight excluding hydrogens is 393 g/mol. The fraction of sp³-hybridized carbons (Fsp3) is 0.280. The minimum absolute atomic E-state index is 0.0836. The number of rotatable bonds is 3. The van der Waals surface area contributed by atoms with Gasteiger partial charge in [-0.15, -0.1) is 0 Å². The summed E-state index contributed by atoms with van der Waals surface area (Å²) in [6, 6.07) is 9.48. The number of benzene rings is 2. The second kappa shape index (κ2) is 7.38. The van der Waals surface area contributed by atoms with Gasteiger partial charge in [-0.1, -0.05) is 18.2 Å². The number of carbonyl (C=O) groups excluding carboxylic acids is 2. The Kier molecular flexibility index (Phi) is 4.96. The second-order valence-electron chi connectivity index (χ2n) is 8.77. The highest BCUT2D eigenvalue weighted by molar-refractivity contribution is 6.14. The minimum Gasteiger partial charge on any atom is -0.365 e. The average molecular weight is 420 g/mol. The van der Waals surface area contributed by atoms with E-state index in [9.17, 15) is 14.0 Å². The second-order valence-corrected chi connectivity index (χ2v) is 8.77. The standard InChI is InChI=1S/C25H26FN3O2/c1-15-10-22-20(16(2)13-25(3,4)28(22)5)11-18(15)12-21-23(30)29(24(31)27-21)14-17-6-8-19(26)9-7-17/h6-13H,14H2,1-5H3,(H,27,31)/b21-12+. The van der Waals surface area contributed by atoms with Crippen LogP contribution in [0.5, 0.6) is 0 Å². The zero-order valence-corrected chi connectivity index (χ0v) is 18.4. The number of likely N-dealkylation sites (N-methyl/N-ethyl adjacent to an activating group) is 1. The van der Waals surface area contributed by atoms with Crippen molar-refractivity contribution < 1.29 is 14.0 Å². The number of imide groups is 1. The van der Waals surface area contributed by atoms with E-state index in [1.807, 2.05) is 6.92 Å². The Morgan fingerprint density at radius 1 is 1.10 bits per heavy atom. The first-order valence-electron chi connectivity index (χ1n) is 10.2. The molecule has 2 aromatic carbocycles. The third-order valence-electron chi connectivity index (χ3n) is 6.12. The molecular formula is C25H26FN3O2. The van der Waals surface area contributed by atoms with E-state index in [0.29, 0.717) is 5.56 Å². The van der Waals surface area contributed by atoms with Crippen molar-refractivity contribution in [3.05, 3.63) is 76.2 Å². The molecule has 1 saturated heterocycles. The van der Waals surface area contributed by atoms with Crippen LogP contribution in [0.1, 0.15) is 43.0 Å². The Hall–Kier alpha value is -3.41. The zero-order valence-electron chi connectivity index (χ0n) is 18.4. The van der Waals surface area contributed by atoms with Gasteiger partial charge in [0, 0.05) is 18.3 Å². The van der Waals surface area contributed by atoms with Gasteiger partial charge in [-0.3, -0.25) is 9.69 Å². The maximum absolute atomic E-state index is 13.1. The van der Waals surface area contributed by atoms with Gasteiger partial charge in [-0.25, -0.2) is 9.18 Å². The van der Waals surface area contributed by atoms with Crippen LogP contribution in [-0.2, 0) is 11.3 Å². The molecule has 0 bridgehead atoms. The highest BCUT2D eigenvalue weighted by Crippen LogP contribution is 2.39. The number of aryl methyl sites for hydroxylation is 1. The minimum atomic E-state index is -0.478. The Labute approximate surface area is 181 Å². The lowest BCUT2D eigenvalue weighted by molar-refractivity contribution is -0.123. The van der Waals surface area contributed by atoms with Gasteiger partial charge in [0.1, 0.15) is 11.5 Å². The molecule has 4 rings (SSSR count). The van der Waals surface area contributed by atoms with E-state index in [4.69, 9.17) is 0 Å². The molecule has 0 saturated carbocycles. The summed E-state index contributed by atoms with van der Waals surface area (Å²) < 4.78 is 13.1. The van der Waals surface area contributed by atoms with Gasteiger partial charge in [0.15, 0.2) is 0 Å². The van der Waals surface area contributed by atoms with E-state index in [2.05, 4.69) is 56.2 Å². The van der Waals surface area contributed by atoms with Gasteiger partial charge in [0.25, 0.3) is 5.91 Å². The van der Waals surface area contributed by atoms with Crippen LogP contribution >= 0.6 is 0 Å². The van der Waals surface area contributed by atoms with Crippen molar-refractivity contribution in [3.63, 3.8) is 0 Å². The van der Waals surface area contributed by atoms with Crippen molar-refractivity contribution in [2.24, 2.45) is 0 Å². The summed E-state index contributed by atoms with van der Waals surface area (Å²) in [5.74, 6) is -0.750. The first-order valence-corrected chi connectivity index (χ1v) is 10.2. The molecule has 2 heterocycles. The molecule has 0 aliphatic carbocycles. The largest absolute Gasteiger partial charge is 0.365 e. The Bertz CT molecular complexity index is 1150. The molecule has 0 unspecified atom stereocenters. The van der Waals surface area contributed by atoms with Crippen LogP contribution in [0.15, 0.2) is 48.2 Å². The number of allylic oxidation sites excluding steroid dienone is 1. The van der Waals surface area contributed by atoms with E-state index < -0.39 is 11.9 Å². The number of fused-ring (bicyclic) bond motifs is 1. The maximum Gasteiger partial charge on any atom is 0.329 e. The monoisotopic (exact) mass is 419 g/mol. The van der Waals surface area contributed by atoms with Crippen LogP contribution in [0.25, 0.3) is 11.6 Å². The van der Waals surface area contributed by atoms with Crippen LogP contribution in [0.3, 0.4) is 0 Å². The van der Waals surface area contributed by atoms with Gasteiger partial charge in [-0.05, 0) is 80.3 Å². The lowest BCUT2D eigenvalue weighted by Crippen LogP contribution is -2.42. The van der Waals surface area contributed by atoms with Crippen LogP contribution in [0.2, 0.25) is 0 Å². The van der Waals surface area contributed by atoms with Gasteiger partial charge in [0.05, 0.1) is 12.1 Å². The molecule has 0 aromatic heterocycles. The Morgan fingerprint density at radius 3 is 2.45 bits per heavy atom. The summed E-state index contributed by atoms with van der Waals surface area (Å²) in [6.45, 7) is 8.53. The molecule has 0 atom stereocenters. The number of nitrogens with one attached hydrogen (secondary N) is 1. The molecule has 1 N–H and O–H groups in total. The Morgan fingerprint density at radius 2 is 1.77 bits per heavy atom. The predicted molar refractivity (Wildman–Crippen MR) is 121 cm³/mol. The van der Waals surface area contributed by atoms with Gasteiger partial charge in [-0.2, -0.15) is 0 Å². The molecule has 0 radical (unpaired) electrons. The lowest BCUT2D eigenvalue weighted by atomic mass is 9.87. The van der Waals surface area contributed by atoms with E-state index in [0.717, 1.165) is 27.3 Å². The van der Waals surface area contributed by atoms with E-state index in [1.165, 1.54) is 17.7 Å². The highest BCUT2D eigenvalue weighted by atomic mass is 19.1. The van der Waals surface area contributed by atoms with Crippen LogP contribution in [0.4, 0.5) is 14.9 Å². The predicted octanol–water partition coefficient (Wildman–Crippen LogP) is 4.86. The molecule has 2 aliphatic heterocycles. The highest BCUT2D eigenvalue weighted by Gasteiger charge is 2.34. The molecule has 1 fully saturated rings. The van der Waals surface area contributed by atoms with Gasteiger partial charge in [0.2, 0.25) is 0 Å². The summed E-state index contributed by atoms with van der Waals surface area (Å²) in [4.78, 5) is 28.7. The summed E-state index contributed by atoms with van der Waals surface area (Å²) in [7, 11) is 2.08. The smallest absolute Gasteiger partial charge is 0.329 e. The number of halogens is 1. The molecule has 3 amide bonds. The third-order valence-corrected chi connectivity index (χ3v) is 6.12. The summed E-state index contributed by atoms with van der Waals surface area (Å²) in [5.41, 5.74) is 6.17. The fourth-order valence-electron chi connectivity index (χ4n) is 4.12. The first kappa shape index (κ1) is 20.8. The number of anilines is 1. The number of nitrogens with zero attached hydrogens (tertiary/aromatic N) is 2. The summed E-state index contributed by atoms with van der Waals surface area (Å²) in [6.07, 6.45) is 3.96. The van der Waals surface area contributed by atoms with Crippen molar-refractivity contribution >= 4 is 29.3 Å². The van der Waals surface area contributed by atoms with Crippen molar-refractivity contribution in [3.8, 4) is 0 Å². The van der Waals surface area contributed by atoms with Gasteiger partial charge < -0.3 is 10.2 Å². The first-order chi connectivity index (χ1) is 14.6. The quantitative estimate of drug-likeness (QED) is 0.571. The van der Waals surface area contributed by atoms with Crippen molar-refractivity contribution in [1.82, 2.24) is 10.2 Å². The van der Waals surface area contributed by atoms with Gasteiger partial charge >= 0.3 is 6.03 Å². The summed E-state index contributed by atoms with van der Waals surface area (Å²) >= 11 is 0. The molecule has 0 spiro atoms. The average Bonchev–Trinajstić information content (AvgIpc) is 2.96. The van der Waals surface area contributed by atoms with E-state index in [-0.39, 0.29) is 23.6 Å². The molecule has 31 heavy (non-hydrogen) atoms. The van der Waals surface area contributed by atoms with E-state index in [1.54, 1.807) is 18.2 Å². The Balaban J connectivity index is 1.65. The van der Waals surface area contributed by atoms with Crippen molar-refractivity contribution in [2.75, 3.05) is 11.9 Å². The number of carbonyl (C=O) groups is 2. The van der Waals surface area contributed by atoms with Crippen molar-refractivity contribution in [2.45, 2.75) is 39.8 Å². The third kappa shape index (κ3) is 3.74. The maximum atomic E-state index is 13.1. The molecule has 2 aliphatic rings. The topological polar surface area (TPSA) is 52.7 Å². The zero-order chi connectivity index (χ0) is 22.5. The summed E-state index contributed by atoms with van der Waals surface area (Å²) in [5, 5.41) is 2.67. The van der Waals surface area contributed by atoms with Crippen LogP contribution in [-0.4, -0.2) is 29.4 Å². The molecule has 2 aromatic rings. The van der Waals surface area contributed by atoms with Crippen LogP contribution < -0.4 is 10.2 Å². The molecule has 5 nitrogen and oxygen atoms in total. The number of hydrogen-bond donors (Lipinski definition) is 1. The van der Waals surface area contributed by atoms with E-state index >= 15 is 0 Å².